The highest BCUT2D eigenvalue weighted by Gasteiger charge is 2.35. The van der Waals surface area contributed by atoms with Gasteiger partial charge in [0, 0.05) is 5.57 Å². The summed E-state index contributed by atoms with van der Waals surface area (Å²) in [6.07, 6.45) is 10.9. The molecule has 0 radical (unpaired) electrons. The molecule has 1 aliphatic rings. The van der Waals surface area contributed by atoms with Crippen LogP contribution in [0.1, 0.15) is 70.4 Å². The predicted octanol–water partition coefficient (Wildman–Crippen LogP) is 5.54. The highest BCUT2D eigenvalue weighted by molar-refractivity contribution is 6.04. The number of unbranched alkanes of at least 4 members (excludes halogenated alkanes) is 5. The molecule has 1 saturated heterocycles. The van der Waals surface area contributed by atoms with Gasteiger partial charge < -0.3 is 0 Å². The van der Waals surface area contributed by atoms with Crippen molar-refractivity contribution in [3.63, 3.8) is 0 Å². The van der Waals surface area contributed by atoms with E-state index in [4.69, 9.17) is 0 Å². The molecule has 3 rings (SSSR count). The highest BCUT2D eigenvalue weighted by atomic mass is 16.2. The van der Waals surface area contributed by atoms with Crippen molar-refractivity contribution in [1.82, 2.24) is 10.9 Å². The van der Waals surface area contributed by atoms with Crippen LogP contribution in [-0.2, 0) is 11.2 Å². The van der Waals surface area contributed by atoms with Gasteiger partial charge in [-0.2, -0.15) is 0 Å². The molecular formula is C24H32N2O. The molecule has 3 heteroatoms. The average molecular weight is 365 g/mol. The number of fused-ring (bicyclic) bond motifs is 1. The second-order valence-corrected chi connectivity index (χ2v) is 8.14. The minimum Gasteiger partial charge on any atom is -0.287 e. The first kappa shape index (κ1) is 19.6. The molecule has 1 amide bonds. The van der Waals surface area contributed by atoms with Crippen LogP contribution >= 0.6 is 0 Å². The zero-order valence-corrected chi connectivity index (χ0v) is 16.9. The fourth-order valence-corrected chi connectivity index (χ4v) is 3.85. The molecule has 0 unspecified atom stereocenters. The summed E-state index contributed by atoms with van der Waals surface area (Å²) in [5.41, 5.74) is 8.81. The number of amides is 1. The van der Waals surface area contributed by atoms with Crippen LogP contribution in [0.15, 0.2) is 42.0 Å². The third-order valence-corrected chi connectivity index (χ3v) is 5.56. The molecule has 1 aliphatic heterocycles. The number of benzene rings is 2. The molecule has 0 saturated carbocycles. The Morgan fingerprint density at radius 1 is 0.963 bits per heavy atom. The fourth-order valence-electron chi connectivity index (χ4n) is 3.85. The van der Waals surface area contributed by atoms with Gasteiger partial charge in [0.05, 0.1) is 5.54 Å². The number of rotatable bonds is 8. The van der Waals surface area contributed by atoms with Gasteiger partial charge in [-0.15, -0.1) is 0 Å². The van der Waals surface area contributed by atoms with Crippen LogP contribution in [0.3, 0.4) is 0 Å². The molecule has 2 N–H and O–H groups in total. The van der Waals surface area contributed by atoms with Gasteiger partial charge in [0.25, 0.3) is 5.91 Å². The van der Waals surface area contributed by atoms with Crippen molar-refractivity contribution in [3.8, 4) is 0 Å². The van der Waals surface area contributed by atoms with Gasteiger partial charge in [-0.1, -0.05) is 75.4 Å². The Bertz CT molecular complexity index is 835. The van der Waals surface area contributed by atoms with Gasteiger partial charge in [0.2, 0.25) is 0 Å². The van der Waals surface area contributed by atoms with Crippen LogP contribution in [0.4, 0.5) is 0 Å². The molecule has 2 aromatic carbocycles. The molecule has 0 aliphatic carbocycles. The van der Waals surface area contributed by atoms with Crippen LogP contribution in [-0.4, -0.2) is 11.4 Å². The summed E-state index contributed by atoms with van der Waals surface area (Å²) in [6, 6.07) is 12.9. The normalized spacial score (nSPS) is 17.6. The number of carbonyl (C=O) groups is 1. The second kappa shape index (κ2) is 8.71. The van der Waals surface area contributed by atoms with E-state index in [1.54, 1.807) is 0 Å². The van der Waals surface area contributed by atoms with Gasteiger partial charge in [-0.05, 0) is 54.7 Å². The molecule has 2 aromatic rings. The largest absolute Gasteiger partial charge is 0.287 e. The fraction of sp³-hybridized carbons (Fsp3) is 0.458. The SMILES string of the molecule is CCCCCCCCc1ccc2ccccc2c1/C=C1\C(=O)NNC1(C)C. The number of hydrogen-bond donors (Lipinski definition) is 2. The lowest BCUT2D eigenvalue weighted by atomic mass is 9.89. The maximum absolute atomic E-state index is 12.4. The smallest absolute Gasteiger partial charge is 0.263 e. The lowest BCUT2D eigenvalue weighted by molar-refractivity contribution is -0.116. The van der Waals surface area contributed by atoms with Gasteiger partial charge in [0.15, 0.2) is 0 Å². The maximum Gasteiger partial charge on any atom is 0.263 e. The monoisotopic (exact) mass is 364 g/mol. The maximum atomic E-state index is 12.4. The van der Waals surface area contributed by atoms with Crippen molar-refractivity contribution in [3.05, 3.63) is 53.1 Å². The summed E-state index contributed by atoms with van der Waals surface area (Å²) >= 11 is 0. The van der Waals surface area contributed by atoms with Crippen LogP contribution < -0.4 is 10.9 Å². The third kappa shape index (κ3) is 4.59. The molecule has 0 spiro atoms. The second-order valence-electron chi connectivity index (χ2n) is 8.14. The molecule has 0 bridgehead atoms. The predicted molar refractivity (Wildman–Crippen MR) is 114 cm³/mol. The first-order valence-electron chi connectivity index (χ1n) is 10.3. The van der Waals surface area contributed by atoms with Crippen LogP contribution in [0.5, 0.6) is 0 Å². The van der Waals surface area contributed by atoms with Gasteiger partial charge in [0.1, 0.15) is 0 Å². The molecule has 27 heavy (non-hydrogen) atoms. The molecule has 144 valence electrons. The number of hydrazine groups is 1. The Morgan fingerprint density at radius 2 is 1.70 bits per heavy atom. The van der Waals surface area contributed by atoms with Gasteiger partial charge >= 0.3 is 0 Å². The minimum absolute atomic E-state index is 0.0292. The summed E-state index contributed by atoms with van der Waals surface area (Å²) in [5.74, 6) is -0.0292. The molecule has 1 fully saturated rings. The van der Waals surface area contributed by atoms with Crippen molar-refractivity contribution >= 4 is 22.8 Å². The summed E-state index contributed by atoms with van der Waals surface area (Å²) < 4.78 is 0. The zero-order valence-electron chi connectivity index (χ0n) is 16.9. The summed E-state index contributed by atoms with van der Waals surface area (Å²) in [7, 11) is 0. The van der Waals surface area contributed by atoms with Crippen molar-refractivity contribution in [1.29, 1.82) is 0 Å². The van der Waals surface area contributed by atoms with Crippen molar-refractivity contribution in [2.24, 2.45) is 0 Å². The van der Waals surface area contributed by atoms with Crippen LogP contribution in [0.25, 0.3) is 16.8 Å². The summed E-state index contributed by atoms with van der Waals surface area (Å²) in [4.78, 5) is 12.4. The average Bonchev–Trinajstić information content (AvgIpc) is 2.92. The Labute approximate surface area is 163 Å². The van der Waals surface area contributed by atoms with Crippen LogP contribution in [0, 0.1) is 0 Å². The van der Waals surface area contributed by atoms with Gasteiger partial charge in [-0.3, -0.25) is 10.2 Å². The Balaban J connectivity index is 1.90. The first-order valence-corrected chi connectivity index (χ1v) is 10.3. The molecule has 0 atom stereocenters. The van der Waals surface area contributed by atoms with E-state index in [9.17, 15) is 4.79 Å². The Morgan fingerprint density at radius 3 is 2.44 bits per heavy atom. The minimum atomic E-state index is -0.370. The first-order chi connectivity index (χ1) is 13.0. The van der Waals surface area contributed by atoms with E-state index in [-0.39, 0.29) is 11.4 Å². The molecular weight excluding hydrogens is 332 g/mol. The standard InChI is InChI=1S/C24H32N2O/c1-4-5-6-7-8-9-12-19-16-15-18-13-10-11-14-20(18)21(19)17-22-23(27)25-26-24(22,2)3/h10-11,13-17,26H,4-9,12H2,1-3H3,(H,25,27)/b22-17+. The van der Waals surface area contributed by atoms with Crippen molar-refractivity contribution in [2.45, 2.75) is 71.3 Å². The Hall–Kier alpha value is -2.13. The van der Waals surface area contributed by atoms with E-state index in [1.807, 2.05) is 13.8 Å². The lowest BCUT2D eigenvalue weighted by Crippen LogP contribution is -2.38. The van der Waals surface area contributed by atoms with Crippen LogP contribution in [0.2, 0.25) is 0 Å². The van der Waals surface area contributed by atoms with E-state index in [2.05, 4.69) is 60.2 Å². The molecule has 1 heterocycles. The Kier molecular flexibility index (Phi) is 6.33. The van der Waals surface area contributed by atoms with E-state index < -0.39 is 0 Å². The van der Waals surface area contributed by atoms with E-state index in [1.165, 1.54) is 60.4 Å². The van der Waals surface area contributed by atoms with E-state index in [0.29, 0.717) is 0 Å². The van der Waals surface area contributed by atoms with Gasteiger partial charge in [-0.25, -0.2) is 5.43 Å². The zero-order chi connectivity index (χ0) is 19.3. The molecule has 3 nitrogen and oxygen atoms in total. The number of aryl methyl sites for hydroxylation is 1. The number of nitrogens with one attached hydrogen (secondary N) is 2. The van der Waals surface area contributed by atoms with E-state index >= 15 is 0 Å². The van der Waals surface area contributed by atoms with Crippen molar-refractivity contribution in [2.75, 3.05) is 0 Å². The lowest BCUT2D eigenvalue weighted by Gasteiger charge is -2.18. The van der Waals surface area contributed by atoms with E-state index in [0.717, 1.165) is 12.0 Å². The number of carbonyl (C=O) groups excluding carboxylic acids is 1. The number of hydrogen-bond acceptors (Lipinski definition) is 2. The third-order valence-electron chi connectivity index (χ3n) is 5.56. The van der Waals surface area contributed by atoms with Crippen molar-refractivity contribution < 1.29 is 4.79 Å². The quantitative estimate of drug-likeness (QED) is 0.477. The highest BCUT2D eigenvalue weighted by Crippen LogP contribution is 2.30. The topological polar surface area (TPSA) is 41.1 Å². The summed E-state index contributed by atoms with van der Waals surface area (Å²) in [5, 5.41) is 2.45. The molecule has 0 aromatic heterocycles. The summed E-state index contributed by atoms with van der Waals surface area (Å²) in [6.45, 7) is 6.33.